The Labute approximate surface area is 134 Å². The fraction of sp³-hybridized carbons (Fsp3) is 0.375. The van der Waals surface area contributed by atoms with Crippen LogP contribution in [0.1, 0.15) is 21.8 Å². The molecule has 0 radical (unpaired) electrons. The maximum Gasteiger partial charge on any atom is 0.276 e. The number of hydrogen-bond acceptors (Lipinski definition) is 4. The molecule has 0 atom stereocenters. The van der Waals surface area contributed by atoms with E-state index in [1.165, 1.54) is 5.56 Å². The lowest BCUT2D eigenvalue weighted by molar-refractivity contribution is 0.0736. The fourth-order valence-electron chi connectivity index (χ4n) is 2.70. The van der Waals surface area contributed by atoms with Crippen LogP contribution in [-0.2, 0) is 0 Å². The lowest BCUT2D eigenvalue weighted by atomic mass is 10.1. The molecule has 1 amide bonds. The van der Waals surface area contributed by atoms with Gasteiger partial charge in [-0.2, -0.15) is 0 Å². The van der Waals surface area contributed by atoms with Crippen LogP contribution in [0.2, 0.25) is 5.02 Å². The standard InChI is InChI=1S/C16H18ClN3O2/c1-11-3-4-13(17)10-15(11)19-5-7-20(8-6-19)16(21)14-9-12(2)22-18-14/h3-4,9-10H,5-8H2,1-2H3. The summed E-state index contributed by atoms with van der Waals surface area (Å²) in [6.07, 6.45) is 0. The van der Waals surface area contributed by atoms with E-state index in [2.05, 4.69) is 17.0 Å². The third kappa shape index (κ3) is 2.95. The number of benzene rings is 1. The number of nitrogens with zero attached hydrogens (tertiary/aromatic N) is 3. The van der Waals surface area contributed by atoms with E-state index in [0.717, 1.165) is 23.8 Å². The lowest BCUT2D eigenvalue weighted by Gasteiger charge is -2.36. The van der Waals surface area contributed by atoms with Crippen molar-refractivity contribution in [1.29, 1.82) is 0 Å². The van der Waals surface area contributed by atoms with Crippen molar-refractivity contribution in [2.45, 2.75) is 13.8 Å². The summed E-state index contributed by atoms with van der Waals surface area (Å²) in [4.78, 5) is 16.4. The molecule has 0 bridgehead atoms. The van der Waals surface area contributed by atoms with E-state index in [0.29, 0.717) is 24.5 Å². The number of hydrogen-bond donors (Lipinski definition) is 0. The van der Waals surface area contributed by atoms with Crippen LogP contribution in [0.25, 0.3) is 0 Å². The molecule has 1 aromatic heterocycles. The second kappa shape index (κ2) is 6.01. The first-order valence-electron chi connectivity index (χ1n) is 7.28. The van der Waals surface area contributed by atoms with Crippen molar-refractivity contribution >= 4 is 23.2 Å². The molecule has 1 aliphatic rings. The van der Waals surface area contributed by atoms with Crippen LogP contribution in [0.15, 0.2) is 28.8 Å². The van der Waals surface area contributed by atoms with Gasteiger partial charge in [0, 0.05) is 43.0 Å². The van der Waals surface area contributed by atoms with E-state index in [4.69, 9.17) is 16.1 Å². The van der Waals surface area contributed by atoms with Gasteiger partial charge in [-0.1, -0.05) is 22.8 Å². The van der Waals surface area contributed by atoms with E-state index >= 15 is 0 Å². The van der Waals surface area contributed by atoms with Gasteiger partial charge in [-0.3, -0.25) is 4.79 Å². The van der Waals surface area contributed by atoms with Crippen molar-refractivity contribution in [3.63, 3.8) is 0 Å². The number of amides is 1. The summed E-state index contributed by atoms with van der Waals surface area (Å²) in [5, 5.41) is 4.53. The number of rotatable bonds is 2. The number of carbonyl (C=O) groups excluding carboxylic acids is 1. The maximum absolute atomic E-state index is 12.3. The molecular weight excluding hydrogens is 302 g/mol. The summed E-state index contributed by atoms with van der Waals surface area (Å²) >= 11 is 6.09. The van der Waals surface area contributed by atoms with Crippen molar-refractivity contribution < 1.29 is 9.32 Å². The summed E-state index contributed by atoms with van der Waals surface area (Å²) in [6.45, 7) is 6.74. The molecule has 1 saturated heterocycles. The third-order valence-corrected chi connectivity index (χ3v) is 4.16. The van der Waals surface area contributed by atoms with Gasteiger partial charge in [-0.15, -0.1) is 0 Å². The maximum atomic E-state index is 12.3. The fourth-order valence-corrected chi connectivity index (χ4v) is 2.87. The number of anilines is 1. The normalized spacial score (nSPS) is 15.2. The highest BCUT2D eigenvalue weighted by atomic mass is 35.5. The first-order valence-corrected chi connectivity index (χ1v) is 7.66. The SMILES string of the molecule is Cc1cc(C(=O)N2CCN(c3cc(Cl)ccc3C)CC2)no1. The highest BCUT2D eigenvalue weighted by Gasteiger charge is 2.24. The van der Waals surface area contributed by atoms with Gasteiger partial charge in [0.05, 0.1) is 0 Å². The summed E-state index contributed by atoms with van der Waals surface area (Å²) < 4.78 is 4.97. The molecule has 1 aliphatic heterocycles. The Morgan fingerprint density at radius 2 is 1.91 bits per heavy atom. The molecule has 116 valence electrons. The quantitative estimate of drug-likeness (QED) is 0.854. The van der Waals surface area contributed by atoms with E-state index < -0.39 is 0 Å². The highest BCUT2D eigenvalue weighted by molar-refractivity contribution is 6.30. The number of halogens is 1. The Balaban J connectivity index is 1.67. The minimum atomic E-state index is -0.0701. The molecular formula is C16H18ClN3O2. The van der Waals surface area contributed by atoms with Crippen molar-refractivity contribution in [2.24, 2.45) is 0 Å². The molecule has 3 rings (SSSR count). The van der Waals surface area contributed by atoms with Gasteiger partial charge in [0.25, 0.3) is 5.91 Å². The largest absolute Gasteiger partial charge is 0.368 e. The van der Waals surface area contributed by atoms with Gasteiger partial charge in [0.1, 0.15) is 5.76 Å². The second-order valence-electron chi connectivity index (χ2n) is 5.53. The molecule has 2 heterocycles. The smallest absolute Gasteiger partial charge is 0.276 e. The molecule has 2 aromatic rings. The van der Waals surface area contributed by atoms with Crippen LogP contribution >= 0.6 is 11.6 Å². The van der Waals surface area contributed by atoms with Crippen molar-refractivity contribution in [2.75, 3.05) is 31.1 Å². The second-order valence-corrected chi connectivity index (χ2v) is 5.97. The van der Waals surface area contributed by atoms with Crippen LogP contribution in [0.4, 0.5) is 5.69 Å². The molecule has 0 unspecified atom stereocenters. The van der Waals surface area contributed by atoms with E-state index in [1.807, 2.05) is 23.1 Å². The Kier molecular flexibility index (Phi) is 4.07. The first-order chi connectivity index (χ1) is 10.5. The van der Waals surface area contributed by atoms with Crippen molar-refractivity contribution in [3.05, 3.63) is 46.3 Å². The van der Waals surface area contributed by atoms with Crippen molar-refractivity contribution in [1.82, 2.24) is 10.1 Å². The minimum Gasteiger partial charge on any atom is -0.368 e. The number of piperazine rings is 1. The molecule has 0 aliphatic carbocycles. The zero-order chi connectivity index (χ0) is 15.7. The number of carbonyl (C=O) groups is 1. The van der Waals surface area contributed by atoms with Crippen LogP contribution in [-0.4, -0.2) is 42.1 Å². The minimum absolute atomic E-state index is 0.0701. The zero-order valence-corrected chi connectivity index (χ0v) is 13.4. The average molecular weight is 320 g/mol. The highest BCUT2D eigenvalue weighted by Crippen LogP contribution is 2.25. The van der Waals surface area contributed by atoms with Gasteiger partial charge in [-0.05, 0) is 31.5 Å². The Morgan fingerprint density at radius 3 is 2.55 bits per heavy atom. The summed E-state index contributed by atoms with van der Waals surface area (Å²) in [5.74, 6) is 0.579. The Hall–Kier alpha value is -2.01. The lowest BCUT2D eigenvalue weighted by Crippen LogP contribution is -2.49. The molecule has 0 N–H and O–H groups in total. The number of aromatic nitrogens is 1. The Morgan fingerprint density at radius 1 is 1.18 bits per heavy atom. The molecule has 6 heteroatoms. The number of aryl methyl sites for hydroxylation is 2. The van der Waals surface area contributed by atoms with Gasteiger partial charge in [-0.25, -0.2) is 0 Å². The van der Waals surface area contributed by atoms with Crippen LogP contribution in [0.3, 0.4) is 0 Å². The molecule has 22 heavy (non-hydrogen) atoms. The Bertz CT molecular complexity index is 690. The van der Waals surface area contributed by atoms with E-state index in [-0.39, 0.29) is 5.91 Å². The van der Waals surface area contributed by atoms with Gasteiger partial charge in [0.2, 0.25) is 0 Å². The predicted molar refractivity (Wildman–Crippen MR) is 85.5 cm³/mol. The molecule has 1 aromatic carbocycles. The summed E-state index contributed by atoms with van der Waals surface area (Å²) in [5.41, 5.74) is 2.71. The molecule has 1 fully saturated rings. The van der Waals surface area contributed by atoms with Crippen LogP contribution < -0.4 is 4.90 Å². The predicted octanol–water partition coefficient (Wildman–Crippen LogP) is 2.91. The van der Waals surface area contributed by atoms with Gasteiger partial charge in [0.15, 0.2) is 5.69 Å². The third-order valence-electron chi connectivity index (χ3n) is 3.93. The van der Waals surface area contributed by atoms with Gasteiger partial charge >= 0.3 is 0 Å². The molecule has 5 nitrogen and oxygen atoms in total. The average Bonchev–Trinajstić information content (AvgIpc) is 2.96. The van der Waals surface area contributed by atoms with E-state index in [9.17, 15) is 4.79 Å². The van der Waals surface area contributed by atoms with Crippen molar-refractivity contribution in [3.8, 4) is 0 Å². The topological polar surface area (TPSA) is 49.6 Å². The summed E-state index contributed by atoms with van der Waals surface area (Å²) in [6, 6.07) is 7.58. The van der Waals surface area contributed by atoms with Crippen LogP contribution in [0, 0.1) is 13.8 Å². The van der Waals surface area contributed by atoms with Crippen LogP contribution in [0.5, 0.6) is 0 Å². The summed E-state index contributed by atoms with van der Waals surface area (Å²) in [7, 11) is 0. The van der Waals surface area contributed by atoms with E-state index in [1.54, 1.807) is 13.0 Å². The first kappa shape index (κ1) is 14.9. The van der Waals surface area contributed by atoms with Gasteiger partial charge < -0.3 is 14.3 Å². The monoisotopic (exact) mass is 319 g/mol. The molecule has 0 spiro atoms. The molecule has 0 saturated carbocycles. The zero-order valence-electron chi connectivity index (χ0n) is 12.7.